The molecule has 51 heavy (non-hydrogen) atoms. The summed E-state index contributed by atoms with van der Waals surface area (Å²) in [7, 11) is 0. The van der Waals surface area contributed by atoms with E-state index in [0.717, 1.165) is 24.3 Å². The first kappa shape index (κ1) is 33.8. The molecule has 0 saturated carbocycles. The lowest BCUT2D eigenvalue weighted by atomic mass is 10.0. The molecule has 6 aromatic carbocycles. The fourth-order valence-corrected chi connectivity index (χ4v) is 5.26. The molecule has 0 N–H and O–H groups in total. The maximum absolute atomic E-state index is 15.0. The van der Waals surface area contributed by atoms with Gasteiger partial charge < -0.3 is 9.47 Å². The number of rotatable bonds is 8. The zero-order chi connectivity index (χ0) is 36.1. The number of ether oxygens (including phenoxy) is 2. The third-order valence-corrected chi connectivity index (χ3v) is 7.87. The van der Waals surface area contributed by atoms with Crippen LogP contribution in [0.3, 0.4) is 0 Å². The second kappa shape index (κ2) is 14.6. The average Bonchev–Trinajstić information content (AvgIpc) is 3.12. The number of hydrogen-bond donors (Lipinski definition) is 0. The van der Waals surface area contributed by atoms with E-state index in [1.165, 1.54) is 48.5 Å². The Morgan fingerprint density at radius 2 is 0.882 bits per heavy atom. The smallest absolute Gasteiger partial charge is 0.346 e. The van der Waals surface area contributed by atoms with E-state index in [4.69, 9.17) is 20.0 Å². The summed E-state index contributed by atoms with van der Waals surface area (Å²) >= 11 is 0. The number of halogens is 4. The standard InChI is InChI=1S/C41H22F4N2O4/c42-36-18-26(5-13-34(36)40(48)50-30-11-15-32(38(44)20-30)28-7-1-24(22-46)2-8-28)17-27-6-14-35(37(43)19-27)41(49)51-31-12-16-33(39(45)21-31)29-9-3-25(23-47)4-10-29/h1-16,18-21H,17H2. The van der Waals surface area contributed by atoms with E-state index >= 15 is 0 Å². The first-order valence-corrected chi connectivity index (χ1v) is 15.2. The van der Waals surface area contributed by atoms with Crippen LogP contribution in [-0.2, 0) is 6.42 Å². The minimum Gasteiger partial charge on any atom is -0.423 e. The lowest BCUT2D eigenvalue weighted by molar-refractivity contribution is 0.0719. The van der Waals surface area contributed by atoms with Crippen molar-refractivity contribution in [2.45, 2.75) is 6.42 Å². The van der Waals surface area contributed by atoms with Gasteiger partial charge in [-0.15, -0.1) is 0 Å². The maximum Gasteiger partial charge on any atom is 0.346 e. The molecule has 0 aliphatic rings. The molecule has 0 aromatic heterocycles. The predicted molar refractivity (Wildman–Crippen MR) is 179 cm³/mol. The molecule has 0 aliphatic carbocycles. The molecule has 0 atom stereocenters. The highest BCUT2D eigenvalue weighted by Crippen LogP contribution is 2.29. The fourth-order valence-electron chi connectivity index (χ4n) is 5.26. The van der Waals surface area contributed by atoms with Gasteiger partial charge in [0.2, 0.25) is 0 Å². The minimum atomic E-state index is -1.05. The SMILES string of the molecule is N#Cc1ccc(-c2ccc(OC(=O)c3ccc(Cc4ccc(C(=O)Oc5ccc(-c6ccc(C#N)cc6)c(F)c5)c(F)c4)cc3F)cc2F)cc1. The summed E-state index contributed by atoms with van der Waals surface area (Å²) in [6, 6.07) is 31.5. The number of esters is 2. The van der Waals surface area contributed by atoms with Gasteiger partial charge >= 0.3 is 11.9 Å². The molecule has 0 bridgehead atoms. The minimum absolute atomic E-state index is 0.0442. The first-order valence-electron chi connectivity index (χ1n) is 15.2. The Kier molecular flexibility index (Phi) is 9.69. The number of carbonyl (C=O) groups excluding carboxylic acids is 2. The summed E-state index contributed by atoms with van der Waals surface area (Å²) in [4.78, 5) is 25.4. The van der Waals surface area contributed by atoms with Gasteiger partial charge in [-0.05, 0) is 101 Å². The lowest BCUT2D eigenvalue weighted by Crippen LogP contribution is -2.12. The van der Waals surface area contributed by atoms with E-state index in [9.17, 15) is 27.2 Å². The molecule has 10 heteroatoms. The Hall–Kier alpha value is -7.04. The van der Waals surface area contributed by atoms with Crippen LogP contribution in [-0.4, -0.2) is 11.9 Å². The first-order chi connectivity index (χ1) is 24.6. The zero-order valence-corrected chi connectivity index (χ0v) is 26.3. The van der Waals surface area contributed by atoms with Gasteiger partial charge in [-0.25, -0.2) is 27.2 Å². The van der Waals surface area contributed by atoms with Crippen LogP contribution in [0.15, 0.2) is 121 Å². The maximum atomic E-state index is 15.0. The molecule has 0 aliphatic heterocycles. The van der Waals surface area contributed by atoms with Gasteiger partial charge in [-0.2, -0.15) is 10.5 Å². The molecule has 0 heterocycles. The summed E-state index contributed by atoms with van der Waals surface area (Å²) in [5, 5.41) is 17.9. The molecule has 0 radical (unpaired) electrons. The van der Waals surface area contributed by atoms with Crippen molar-refractivity contribution in [2.24, 2.45) is 0 Å². The van der Waals surface area contributed by atoms with Crippen LogP contribution in [0.1, 0.15) is 43.0 Å². The van der Waals surface area contributed by atoms with Gasteiger partial charge in [-0.1, -0.05) is 36.4 Å². The van der Waals surface area contributed by atoms with Gasteiger partial charge in [0.25, 0.3) is 0 Å². The normalized spacial score (nSPS) is 10.5. The Balaban J connectivity index is 1.08. The second-order valence-electron chi connectivity index (χ2n) is 11.2. The Morgan fingerprint density at radius 3 is 1.22 bits per heavy atom. The fraction of sp³-hybridized carbons (Fsp3) is 0.0244. The molecular weight excluding hydrogens is 660 g/mol. The molecule has 6 aromatic rings. The Morgan fingerprint density at radius 1 is 0.490 bits per heavy atom. The third kappa shape index (κ3) is 7.67. The van der Waals surface area contributed by atoms with Gasteiger partial charge in [0.15, 0.2) is 0 Å². The predicted octanol–water partition coefficient (Wildman–Crippen LogP) is 9.35. The highest BCUT2D eigenvalue weighted by molar-refractivity contribution is 5.92. The van der Waals surface area contributed by atoms with Gasteiger partial charge in [-0.3, -0.25) is 0 Å². The van der Waals surface area contributed by atoms with Gasteiger partial charge in [0.1, 0.15) is 34.8 Å². The summed E-state index contributed by atoms with van der Waals surface area (Å²) in [5.74, 6) is -5.58. The van der Waals surface area contributed by atoms with Crippen LogP contribution in [0.25, 0.3) is 22.3 Å². The van der Waals surface area contributed by atoms with Crippen molar-refractivity contribution in [3.8, 4) is 45.9 Å². The average molecular weight is 683 g/mol. The number of nitriles is 2. The van der Waals surface area contributed by atoms with Crippen LogP contribution in [0.2, 0.25) is 0 Å². The van der Waals surface area contributed by atoms with Crippen molar-refractivity contribution in [2.75, 3.05) is 0 Å². The van der Waals surface area contributed by atoms with Gasteiger partial charge in [0, 0.05) is 23.3 Å². The third-order valence-electron chi connectivity index (χ3n) is 7.87. The van der Waals surface area contributed by atoms with Crippen molar-refractivity contribution >= 4 is 11.9 Å². The lowest BCUT2D eigenvalue weighted by Gasteiger charge is -2.10. The van der Waals surface area contributed by atoms with E-state index in [-0.39, 0.29) is 29.0 Å². The Bertz CT molecular complexity index is 2230. The van der Waals surface area contributed by atoms with Crippen LogP contribution in [0.5, 0.6) is 11.5 Å². The molecule has 0 fully saturated rings. The molecule has 248 valence electrons. The van der Waals surface area contributed by atoms with Crippen molar-refractivity contribution in [3.05, 3.63) is 178 Å². The van der Waals surface area contributed by atoms with E-state index in [1.54, 1.807) is 48.5 Å². The van der Waals surface area contributed by atoms with Crippen LogP contribution < -0.4 is 9.47 Å². The molecule has 0 spiro atoms. The van der Waals surface area contributed by atoms with E-state index < -0.39 is 46.3 Å². The molecule has 0 unspecified atom stereocenters. The summed E-state index contributed by atoms with van der Waals surface area (Å²) in [6.45, 7) is 0. The van der Waals surface area contributed by atoms with Crippen molar-refractivity contribution in [3.63, 3.8) is 0 Å². The monoisotopic (exact) mass is 682 g/mol. The van der Waals surface area contributed by atoms with E-state index in [0.29, 0.717) is 33.4 Å². The van der Waals surface area contributed by atoms with Crippen LogP contribution in [0, 0.1) is 45.9 Å². The molecule has 6 nitrogen and oxygen atoms in total. The van der Waals surface area contributed by atoms with Crippen LogP contribution >= 0.6 is 0 Å². The number of nitrogens with zero attached hydrogens (tertiary/aromatic N) is 2. The van der Waals surface area contributed by atoms with Crippen molar-refractivity contribution < 1.29 is 36.6 Å². The van der Waals surface area contributed by atoms with Crippen molar-refractivity contribution in [1.82, 2.24) is 0 Å². The molecule has 0 amide bonds. The number of hydrogen-bond acceptors (Lipinski definition) is 6. The quantitative estimate of drug-likeness (QED) is 0.0901. The molecule has 0 saturated heterocycles. The highest BCUT2D eigenvalue weighted by Gasteiger charge is 2.19. The van der Waals surface area contributed by atoms with E-state index in [1.807, 2.05) is 12.1 Å². The molecule has 6 rings (SSSR count). The highest BCUT2D eigenvalue weighted by atomic mass is 19.1. The number of carbonyl (C=O) groups is 2. The summed E-state index contributed by atoms with van der Waals surface area (Å²) < 4.78 is 70.0. The second-order valence-corrected chi connectivity index (χ2v) is 11.2. The van der Waals surface area contributed by atoms with Crippen molar-refractivity contribution in [1.29, 1.82) is 10.5 Å². The topological polar surface area (TPSA) is 100 Å². The Labute approximate surface area is 289 Å². The van der Waals surface area contributed by atoms with Gasteiger partial charge in [0.05, 0.1) is 34.4 Å². The van der Waals surface area contributed by atoms with E-state index in [2.05, 4.69) is 0 Å². The van der Waals surface area contributed by atoms with Crippen LogP contribution in [0.4, 0.5) is 17.6 Å². The molecular formula is C41H22F4N2O4. The number of benzene rings is 6. The zero-order valence-electron chi connectivity index (χ0n) is 26.3. The summed E-state index contributed by atoms with van der Waals surface area (Å²) in [5.41, 5.74) is 2.27. The summed E-state index contributed by atoms with van der Waals surface area (Å²) in [6.07, 6.45) is 0.0442. The largest absolute Gasteiger partial charge is 0.423 e.